The Morgan fingerprint density at radius 3 is 1.93 bits per heavy atom. The molecule has 46 heavy (non-hydrogen) atoms. The summed E-state index contributed by atoms with van der Waals surface area (Å²) in [4.78, 5) is 39.2. The quantitative estimate of drug-likeness (QED) is 0.380. The number of anilines is 1. The molecule has 1 spiro atoms. The Labute approximate surface area is 261 Å². The zero-order valence-electron chi connectivity index (χ0n) is 25.2. The first-order valence-corrected chi connectivity index (χ1v) is 14.3. The number of hydrogen-bond acceptors (Lipinski definition) is 7. The molecular formula is C30H36F6N4O6. The molecule has 0 bridgehead atoms. The van der Waals surface area contributed by atoms with Crippen LogP contribution in [0.25, 0.3) is 0 Å². The highest BCUT2D eigenvalue weighted by Crippen LogP contribution is 2.43. The molecule has 0 aliphatic carbocycles. The lowest BCUT2D eigenvalue weighted by Gasteiger charge is -2.47. The van der Waals surface area contributed by atoms with Crippen molar-refractivity contribution >= 4 is 23.5 Å². The molecule has 2 fully saturated rings. The predicted octanol–water partition coefficient (Wildman–Crippen LogP) is 5.16. The van der Waals surface area contributed by atoms with E-state index in [0.717, 1.165) is 57.7 Å². The minimum absolute atomic E-state index is 0.0399. The summed E-state index contributed by atoms with van der Waals surface area (Å²) in [6.07, 6.45) is -1.42. The third kappa shape index (κ3) is 9.71. The summed E-state index contributed by atoms with van der Waals surface area (Å²) in [5, 5.41) is 14.2. The van der Waals surface area contributed by atoms with Crippen molar-refractivity contribution < 1.29 is 55.7 Å². The summed E-state index contributed by atoms with van der Waals surface area (Å²) in [5.74, 6) is -4.36. The molecule has 0 radical (unpaired) electrons. The van der Waals surface area contributed by atoms with E-state index in [2.05, 4.69) is 41.9 Å². The second kappa shape index (κ2) is 14.1. The number of aliphatic carboxylic acids is 2. The van der Waals surface area contributed by atoms with Crippen LogP contribution < -0.4 is 10.5 Å². The normalized spacial score (nSPS) is 18.7. The minimum atomic E-state index is -5.08. The molecule has 3 aliphatic heterocycles. The molecule has 1 amide bonds. The molecule has 2 aromatic rings. The van der Waals surface area contributed by atoms with Gasteiger partial charge in [0.2, 0.25) is 0 Å². The molecule has 0 atom stereocenters. The van der Waals surface area contributed by atoms with Gasteiger partial charge in [-0.3, -0.25) is 14.7 Å². The Balaban J connectivity index is 0.000000345. The summed E-state index contributed by atoms with van der Waals surface area (Å²) in [6, 6.07) is 8.32. The van der Waals surface area contributed by atoms with Crippen LogP contribution in [-0.2, 0) is 22.6 Å². The zero-order chi connectivity index (χ0) is 34.5. The molecule has 0 saturated carbocycles. The van der Waals surface area contributed by atoms with E-state index in [4.69, 9.17) is 30.3 Å². The maximum absolute atomic E-state index is 12.9. The van der Waals surface area contributed by atoms with Gasteiger partial charge in [-0.1, -0.05) is 18.2 Å². The van der Waals surface area contributed by atoms with Gasteiger partial charge in [0.1, 0.15) is 11.4 Å². The Morgan fingerprint density at radius 1 is 0.913 bits per heavy atom. The number of carboxylic acids is 2. The molecule has 0 unspecified atom stereocenters. The predicted molar refractivity (Wildman–Crippen MR) is 153 cm³/mol. The lowest BCUT2D eigenvalue weighted by molar-refractivity contribution is -0.193. The van der Waals surface area contributed by atoms with Crippen molar-refractivity contribution in [1.29, 1.82) is 0 Å². The van der Waals surface area contributed by atoms with E-state index in [1.807, 2.05) is 4.90 Å². The highest BCUT2D eigenvalue weighted by Gasteiger charge is 2.40. The molecule has 1 aromatic heterocycles. The second-order valence-corrected chi connectivity index (χ2v) is 12.1. The second-order valence-electron chi connectivity index (χ2n) is 12.1. The number of pyridine rings is 1. The monoisotopic (exact) mass is 662 g/mol. The van der Waals surface area contributed by atoms with Gasteiger partial charge < -0.3 is 25.6 Å². The van der Waals surface area contributed by atoms with Crippen molar-refractivity contribution in [3.8, 4) is 5.75 Å². The van der Waals surface area contributed by atoms with Gasteiger partial charge in [-0.05, 0) is 69.7 Å². The third-order valence-electron chi connectivity index (χ3n) is 8.16. The van der Waals surface area contributed by atoms with Gasteiger partial charge in [0, 0.05) is 37.8 Å². The van der Waals surface area contributed by atoms with Crippen LogP contribution in [0.3, 0.4) is 0 Å². The average Bonchev–Trinajstić information content (AvgIpc) is 3.29. The van der Waals surface area contributed by atoms with Gasteiger partial charge in [0.15, 0.2) is 0 Å². The Bertz CT molecular complexity index is 1370. The number of rotatable bonds is 3. The van der Waals surface area contributed by atoms with Crippen molar-refractivity contribution in [3.05, 3.63) is 53.3 Å². The topological polar surface area (TPSA) is 146 Å². The fourth-order valence-electron chi connectivity index (χ4n) is 5.69. The molecule has 254 valence electrons. The number of benzene rings is 1. The maximum Gasteiger partial charge on any atom is 0.490 e. The number of piperidine rings is 2. The van der Waals surface area contributed by atoms with E-state index in [0.29, 0.717) is 16.7 Å². The number of fused-ring (bicyclic) bond motifs is 1. The first-order chi connectivity index (χ1) is 21.2. The summed E-state index contributed by atoms with van der Waals surface area (Å²) < 4.78 is 69.8. The number of likely N-dealkylation sites (tertiary alicyclic amines) is 2. The Hall–Kier alpha value is -4.08. The highest BCUT2D eigenvalue weighted by molar-refractivity contribution is 5.98. The van der Waals surface area contributed by atoms with Crippen LogP contribution in [-0.4, -0.2) is 87.0 Å². The number of carbonyl (C=O) groups excluding carboxylic acids is 1. The van der Waals surface area contributed by atoms with Crippen molar-refractivity contribution in [2.45, 2.75) is 70.4 Å². The lowest BCUT2D eigenvalue weighted by Crippen LogP contribution is -2.48. The number of carboxylic acid groups (broad SMARTS) is 2. The van der Waals surface area contributed by atoms with E-state index < -0.39 is 24.3 Å². The first-order valence-electron chi connectivity index (χ1n) is 14.3. The fraction of sp³-hybridized carbons (Fsp3) is 0.533. The smallest absolute Gasteiger partial charge is 0.487 e. The van der Waals surface area contributed by atoms with Crippen LogP contribution in [0.2, 0.25) is 0 Å². The summed E-state index contributed by atoms with van der Waals surface area (Å²) in [7, 11) is 0. The van der Waals surface area contributed by atoms with Crippen LogP contribution in [0.4, 0.5) is 32.0 Å². The van der Waals surface area contributed by atoms with Crippen LogP contribution in [0.5, 0.6) is 5.75 Å². The van der Waals surface area contributed by atoms with E-state index in [-0.39, 0.29) is 11.5 Å². The van der Waals surface area contributed by atoms with Crippen molar-refractivity contribution in [1.82, 2.24) is 14.8 Å². The average molecular weight is 663 g/mol. The Kier molecular flexibility index (Phi) is 11.2. The minimum Gasteiger partial charge on any atom is -0.487 e. The zero-order valence-corrected chi connectivity index (χ0v) is 25.2. The molecule has 2 saturated heterocycles. The molecular weight excluding hydrogens is 626 g/mol. The van der Waals surface area contributed by atoms with Gasteiger partial charge in [-0.25, -0.2) is 9.59 Å². The first kappa shape index (κ1) is 36.4. The number of aromatic nitrogens is 1. The maximum atomic E-state index is 12.9. The van der Waals surface area contributed by atoms with E-state index in [1.54, 1.807) is 18.5 Å². The SMILES string of the molecule is CC1(C)Cc2cccc(CN3CCC4(CC3)CCN(C(=O)c3ccncc3N)CC4)c2O1.O=C(O)C(F)(F)F.O=C(O)C(F)(F)F. The van der Waals surface area contributed by atoms with Gasteiger partial charge in [-0.2, -0.15) is 26.3 Å². The molecule has 1 aromatic carbocycles. The number of ether oxygens (including phenoxy) is 1. The van der Waals surface area contributed by atoms with E-state index in [1.165, 1.54) is 24.0 Å². The van der Waals surface area contributed by atoms with E-state index >= 15 is 0 Å². The van der Waals surface area contributed by atoms with Crippen LogP contribution in [0.15, 0.2) is 36.7 Å². The van der Waals surface area contributed by atoms with Crippen LogP contribution >= 0.6 is 0 Å². The molecule has 10 nitrogen and oxygen atoms in total. The number of hydrogen-bond donors (Lipinski definition) is 3. The summed E-state index contributed by atoms with van der Waals surface area (Å²) in [5.41, 5.74) is 9.93. The number of carbonyl (C=O) groups is 3. The van der Waals surface area contributed by atoms with Gasteiger partial charge in [-0.15, -0.1) is 0 Å². The number of halogens is 6. The third-order valence-corrected chi connectivity index (χ3v) is 8.16. The van der Waals surface area contributed by atoms with Crippen molar-refractivity contribution in [2.24, 2.45) is 5.41 Å². The number of amides is 1. The Morgan fingerprint density at radius 2 is 1.43 bits per heavy atom. The van der Waals surface area contributed by atoms with Gasteiger partial charge >= 0.3 is 24.3 Å². The molecule has 16 heteroatoms. The molecule has 3 aliphatic rings. The number of nitrogens with zero attached hydrogens (tertiary/aromatic N) is 3. The molecule has 4 N–H and O–H groups in total. The van der Waals surface area contributed by atoms with Gasteiger partial charge in [0.25, 0.3) is 5.91 Å². The molecule has 4 heterocycles. The number of nitrogens with two attached hydrogens (primary N) is 1. The van der Waals surface area contributed by atoms with Crippen LogP contribution in [0, 0.1) is 5.41 Å². The number of alkyl halides is 6. The summed E-state index contributed by atoms with van der Waals surface area (Å²) in [6.45, 7) is 9.15. The number of para-hydroxylation sites is 1. The summed E-state index contributed by atoms with van der Waals surface area (Å²) >= 11 is 0. The standard InChI is InChI=1S/C26H34N4O2.2C2HF3O2/c1-25(2)16-19-4-3-5-20(23(19)32-25)18-29-12-7-26(8-13-29)9-14-30(15-10-26)24(31)21-6-11-28-17-22(21)27;2*3-2(4,5)1(6)7/h3-6,11,17H,7-10,12-16,18,27H2,1-2H3;2*(H,6,7). The largest absolute Gasteiger partial charge is 0.490 e. The van der Waals surface area contributed by atoms with E-state index in [9.17, 15) is 31.1 Å². The fourth-order valence-corrected chi connectivity index (χ4v) is 5.69. The van der Waals surface area contributed by atoms with Crippen molar-refractivity contribution in [3.63, 3.8) is 0 Å². The molecule has 5 rings (SSSR count). The van der Waals surface area contributed by atoms with Crippen molar-refractivity contribution in [2.75, 3.05) is 31.9 Å². The van der Waals surface area contributed by atoms with Crippen LogP contribution in [0.1, 0.15) is 61.0 Å². The lowest BCUT2D eigenvalue weighted by atomic mass is 9.71. The van der Waals surface area contributed by atoms with Gasteiger partial charge in [0.05, 0.1) is 17.4 Å². The highest BCUT2D eigenvalue weighted by atomic mass is 19.4. The number of nitrogen functional groups attached to an aromatic ring is 1.